The van der Waals surface area contributed by atoms with E-state index in [4.69, 9.17) is 0 Å². The molecule has 0 bridgehead atoms. The number of nitrogens with zero attached hydrogens (tertiary/aromatic N) is 2. The van der Waals surface area contributed by atoms with Gasteiger partial charge in [0.25, 0.3) is 5.91 Å². The number of hydrogen-bond donors (Lipinski definition) is 0. The van der Waals surface area contributed by atoms with Crippen LogP contribution in [0.2, 0.25) is 0 Å². The molecule has 0 saturated carbocycles. The van der Waals surface area contributed by atoms with Gasteiger partial charge in [-0.3, -0.25) is 4.79 Å². The van der Waals surface area contributed by atoms with E-state index in [2.05, 4.69) is 6.92 Å². The van der Waals surface area contributed by atoms with Crippen molar-refractivity contribution in [2.24, 2.45) is 0 Å². The van der Waals surface area contributed by atoms with Gasteiger partial charge in [0.1, 0.15) is 5.82 Å². The fourth-order valence-electron chi connectivity index (χ4n) is 3.21. The predicted molar refractivity (Wildman–Crippen MR) is 104 cm³/mol. The molecule has 0 unspecified atom stereocenters. The van der Waals surface area contributed by atoms with E-state index >= 15 is 0 Å². The number of benzene rings is 1. The Balaban J connectivity index is 1.68. The lowest BCUT2D eigenvalue weighted by molar-refractivity contribution is 0.0702. The maximum absolute atomic E-state index is 13.4. The highest BCUT2D eigenvalue weighted by atomic mass is 32.2. The predicted octanol–water partition coefficient (Wildman–Crippen LogP) is 3.29. The first-order valence-corrected chi connectivity index (χ1v) is 11.2. The van der Waals surface area contributed by atoms with Gasteiger partial charge in [0, 0.05) is 31.1 Å². The highest BCUT2D eigenvalue weighted by molar-refractivity contribution is 7.89. The molecule has 2 heterocycles. The maximum atomic E-state index is 13.4. The molecule has 0 spiro atoms. The van der Waals surface area contributed by atoms with E-state index in [1.54, 1.807) is 4.90 Å². The molecule has 1 amide bonds. The average molecular weight is 411 g/mol. The summed E-state index contributed by atoms with van der Waals surface area (Å²) in [5.41, 5.74) is 1.21. The van der Waals surface area contributed by atoms with Gasteiger partial charge in [-0.15, -0.1) is 11.3 Å². The molecule has 0 atom stereocenters. The molecule has 5 nitrogen and oxygen atoms in total. The lowest BCUT2D eigenvalue weighted by Crippen LogP contribution is -2.50. The van der Waals surface area contributed by atoms with E-state index in [1.807, 2.05) is 13.0 Å². The zero-order chi connectivity index (χ0) is 19.6. The number of piperazine rings is 1. The molecule has 1 aromatic heterocycles. The molecule has 1 aliphatic rings. The summed E-state index contributed by atoms with van der Waals surface area (Å²) in [6.45, 7) is 5.20. The van der Waals surface area contributed by atoms with Crippen LogP contribution in [0.4, 0.5) is 4.39 Å². The number of carbonyl (C=O) groups is 1. The van der Waals surface area contributed by atoms with E-state index in [-0.39, 0.29) is 23.9 Å². The summed E-state index contributed by atoms with van der Waals surface area (Å²) in [6.07, 6.45) is 1.98. The van der Waals surface area contributed by atoms with Crippen molar-refractivity contribution in [1.29, 1.82) is 0 Å². The number of amides is 1. The van der Waals surface area contributed by atoms with Crippen LogP contribution < -0.4 is 0 Å². The average Bonchev–Trinajstić information content (AvgIpc) is 3.02. The second-order valence-electron chi connectivity index (χ2n) is 6.60. The van der Waals surface area contributed by atoms with Gasteiger partial charge in [0.15, 0.2) is 0 Å². The van der Waals surface area contributed by atoms with Gasteiger partial charge in [-0.25, -0.2) is 12.8 Å². The van der Waals surface area contributed by atoms with E-state index in [0.717, 1.165) is 23.8 Å². The quantitative estimate of drug-likeness (QED) is 0.760. The fourth-order valence-corrected chi connectivity index (χ4v) is 5.70. The molecule has 1 saturated heterocycles. The topological polar surface area (TPSA) is 57.7 Å². The minimum atomic E-state index is -3.75. The maximum Gasteiger partial charge on any atom is 0.264 e. The van der Waals surface area contributed by atoms with Crippen LogP contribution in [0.5, 0.6) is 0 Å². The highest BCUT2D eigenvalue weighted by Gasteiger charge is 2.31. The van der Waals surface area contributed by atoms with Crippen molar-refractivity contribution in [3.05, 3.63) is 51.5 Å². The molecule has 1 aliphatic heterocycles. The Morgan fingerprint density at radius 2 is 1.89 bits per heavy atom. The Morgan fingerprint density at radius 1 is 1.19 bits per heavy atom. The first-order chi connectivity index (χ1) is 12.8. The second-order valence-corrected chi connectivity index (χ2v) is 9.79. The summed E-state index contributed by atoms with van der Waals surface area (Å²) in [6, 6.07) is 6.97. The number of hydrogen-bond acceptors (Lipinski definition) is 4. The lowest BCUT2D eigenvalue weighted by Gasteiger charge is -2.33. The molecule has 1 aromatic carbocycles. The third-order valence-electron chi connectivity index (χ3n) is 4.71. The van der Waals surface area contributed by atoms with E-state index in [1.165, 1.54) is 39.4 Å². The van der Waals surface area contributed by atoms with Crippen molar-refractivity contribution in [2.75, 3.05) is 26.2 Å². The Kier molecular flexibility index (Phi) is 5.98. The van der Waals surface area contributed by atoms with Crippen molar-refractivity contribution < 1.29 is 17.6 Å². The van der Waals surface area contributed by atoms with Crippen molar-refractivity contribution in [3.63, 3.8) is 0 Å². The van der Waals surface area contributed by atoms with Crippen LogP contribution in [-0.4, -0.2) is 49.7 Å². The molecule has 27 heavy (non-hydrogen) atoms. The summed E-state index contributed by atoms with van der Waals surface area (Å²) in [4.78, 5) is 16.3. The number of rotatable bonds is 5. The summed E-state index contributed by atoms with van der Waals surface area (Å²) in [5.74, 6) is -0.630. The number of halogens is 1. The van der Waals surface area contributed by atoms with Crippen molar-refractivity contribution in [2.45, 2.75) is 31.6 Å². The van der Waals surface area contributed by atoms with Gasteiger partial charge in [0.05, 0.1) is 9.77 Å². The Bertz CT molecular complexity index is 932. The zero-order valence-corrected chi connectivity index (χ0v) is 17.1. The van der Waals surface area contributed by atoms with Gasteiger partial charge < -0.3 is 4.90 Å². The van der Waals surface area contributed by atoms with Gasteiger partial charge >= 0.3 is 0 Å². The van der Waals surface area contributed by atoms with Gasteiger partial charge in [-0.1, -0.05) is 19.4 Å². The molecule has 146 valence electrons. The summed E-state index contributed by atoms with van der Waals surface area (Å²) in [7, 11) is -3.75. The monoisotopic (exact) mass is 410 g/mol. The van der Waals surface area contributed by atoms with Crippen molar-refractivity contribution in [3.8, 4) is 0 Å². The molecular formula is C19H23FN2O3S2. The lowest BCUT2D eigenvalue weighted by atomic mass is 10.1. The van der Waals surface area contributed by atoms with Crippen LogP contribution in [-0.2, 0) is 16.4 Å². The van der Waals surface area contributed by atoms with Gasteiger partial charge in [-0.2, -0.15) is 4.31 Å². The molecule has 2 aromatic rings. The molecule has 0 radical (unpaired) electrons. The molecule has 1 fully saturated rings. The molecule has 0 N–H and O–H groups in total. The van der Waals surface area contributed by atoms with Crippen LogP contribution in [0.3, 0.4) is 0 Å². The SMILES string of the molecule is CCCc1cc(C(=O)N2CCN(S(=O)(=O)c3cccc(F)c3)CC2)sc1C. The fraction of sp³-hybridized carbons (Fsp3) is 0.421. The smallest absolute Gasteiger partial charge is 0.264 e. The van der Waals surface area contributed by atoms with Gasteiger partial charge in [0.2, 0.25) is 10.0 Å². The largest absolute Gasteiger partial charge is 0.335 e. The van der Waals surface area contributed by atoms with Crippen LogP contribution in [0.1, 0.15) is 33.5 Å². The summed E-state index contributed by atoms with van der Waals surface area (Å²) < 4.78 is 40.0. The summed E-state index contributed by atoms with van der Waals surface area (Å²) in [5, 5.41) is 0. The first kappa shape index (κ1) is 20.0. The first-order valence-electron chi connectivity index (χ1n) is 8.97. The van der Waals surface area contributed by atoms with Crippen LogP contribution in [0, 0.1) is 12.7 Å². The normalized spacial score (nSPS) is 15.9. The number of thiophene rings is 1. The van der Waals surface area contributed by atoms with Crippen LogP contribution in [0.25, 0.3) is 0 Å². The Hall–Kier alpha value is -1.77. The standard InChI is InChI=1S/C19H23FN2O3S2/c1-3-5-15-12-18(26-14(15)2)19(23)21-8-10-22(11-9-21)27(24,25)17-7-4-6-16(20)13-17/h4,6-7,12-13H,3,5,8-11H2,1-2H3. The number of sulfonamides is 1. The minimum absolute atomic E-state index is 0.0479. The van der Waals surface area contributed by atoms with Crippen LogP contribution >= 0.6 is 11.3 Å². The Labute approximate surface area is 163 Å². The zero-order valence-electron chi connectivity index (χ0n) is 15.4. The van der Waals surface area contributed by atoms with Crippen LogP contribution in [0.15, 0.2) is 35.2 Å². The molecule has 3 rings (SSSR count). The number of carbonyl (C=O) groups excluding carboxylic acids is 1. The van der Waals surface area contributed by atoms with Gasteiger partial charge in [-0.05, 0) is 43.2 Å². The third kappa shape index (κ3) is 4.23. The minimum Gasteiger partial charge on any atom is -0.335 e. The van der Waals surface area contributed by atoms with Crippen molar-refractivity contribution in [1.82, 2.24) is 9.21 Å². The molecule has 8 heteroatoms. The van der Waals surface area contributed by atoms with E-state index in [0.29, 0.717) is 18.0 Å². The van der Waals surface area contributed by atoms with E-state index in [9.17, 15) is 17.6 Å². The third-order valence-corrected chi connectivity index (χ3v) is 7.69. The number of aryl methyl sites for hydroxylation is 2. The van der Waals surface area contributed by atoms with E-state index < -0.39 is 15.8 Å². The molecule has 0 aliphatic carbocycles. The highest BCUT2D eigenvalue weighted by Crippen LogP contribution is 2.25. The second kappa shape index (κ2) is 8.08. The Morgan fingerprint density at radius 3 is 2.52 bits per heavy atom. The summed E-state index contributed by atoms with van der Waals surface area (Å²) >= 11 is 1.50. The molecular weight excluding hydrogens is 387 g/mol. The van der Waals surface area contributed by atoms with Crippen molar-refractivity contribution >= 4 is 27.3 Å².